The van der Waals surface area contributed by atoms with Gasteiger partial charge in [-0.05, 0) is 48.3 Å². The molecule has 3 amide bonds. The van der Waals surface area contributed by atoms with E-state index in [-0.39, 0.29) is 6.54 Å². The first kappa shape index (κ1) is 16.5. The lowest BCUT2D eigenvalue weighted by Crippen LogP contribution is -2.36. The number of hydrogen-bond acceptors (Lipinski definition) is 5. The molecular formula is C17H14N2O3S2. The molecule has 2 aromatic rings. The van der Waals surface area contributed by atoms with Crippen molar-refractivity contribution in [3.8, 4) is 0 Å². The zero-order valence-corrected chi connectivity index (χ0v) is 14.4. The molecule has 1 aromatic carbocycles. The number of rotatable bonds is 4. The van der Waals surface area contributed by atoms with Gasteiger partial charge < -0.3 is 5.32 Å². The minimum absolute atomic E-state index is 0.291. The highest BCUT2D eigenvalue weighted by atomic mass is 32.2. The Morgan fingerprint density at radius 1 is 1.21 bits per heavy atom. The van der Waals surface area contributed by atoms with Crippen LogP contribution >= 0.6 is 23.1 Å². The third-order valence-electron chi connectivity index (χ3n) is 3.33. The number of nitrogens with zero attached hydrogens (tertiary/aromatic N) is 1. The number of thiophene rings is 1. The molecule has 24 heavy (non-hydrogen) atoms. The molecule has 0 saturated carbocycles. The van der Waals surface area contributed by atoms with Crippen LogP contribution in [0.3, 0.4) is 0 Å². The van der Waals surface area contributed by atoms with E-state index in [1.807, 2.05) is 36.6 Å². The fourth-order valence-electron chi connectivity index (χ4n) is 2.12. The number of carbonyl (C=O) groups excluding carboxylic acids is 3. The molecule has 5 nitrogen and oxygen atoms in total. The van der Waals surface area contributed by atoms with Crippen LogP contribution in [0.1, 0.15) is 10.4 Å². The van der Waals surface area contributed by atoms with Crippen molar-refractivity contribution in [1.82, 2.24) is 4.90 Å². The summed E-state index contributed by atoms with van der Waals surface area (Å²) in [5, 5.41) is 4.15. The largest absolute Gasteiger partial charge is 0.325 e. The van der Waals surface area contributed by atoms with E-state index >= 15 is 0 Å². The monoisotopic (exact) mass is 358 g/mol. The first-order valence-electron chi connectivity index (χ1n) is 7.18. The predicted octanol–water partition coefficient (Wildman–Crippen LogP) is 3.73. The summed E-state index contributed by atoms with van der Waals surface area (Å²) in [7, 11) is 0. The van der Waals surface area contributed by atoms with Crippen molar-refractivity contribution in [2.24, 2.45) is 0 Å². The third-order valence-corrected chi connectivity index (χ3v) is 5.05. The van der Waals surface area contributed by atoms with Gasteiger partial charge in [-0.25, -0.2) is 0 Å². The Hall–Kier alpha value is -2.38. The molecule has 0 bridgehead atoms. The lowest BCUT2D eigenvalue weighted by molar-refractivity contribution is -0.127. The first-order chi connectivity index (χ1) is 11.5. The Kier molecular flexibility index (Phi) is 4.82. The molecule has 2 heterocycles. The average molecular weight is 358 g/mol. The third kappa shape index (κ3) is 3.74. The highest BCUT2D eigenvalue weighted by molar-refractivity contribution is 8.18. The Morgan fingerprint density at radius 3 is 2.62 bits per heavy atom. The van der Waals surface area contributed by atoms with Gasteiger partial charge in [-0.3, -0.25) is 19.3 Å². The normalized spacial score (nSPS) is 16.0. The molecule has 1 saturated heterocycles. The number of benzene rings is 1. The van der Waals surface area contributed by atoms with E-state index in [4.69, 9.17) is 0 Å². The minimum atomic E-state index is -0.433. The number of nitrogens with one attached hydrogen (secondary N) is 1. The smallest absolute Gasteiger partial charge is 0.294 e. The summed E-state index contributed by atoms with van der Waals surface area (Å²) in [4.78, 5) is 38.6. The van der Waals surface area contributed by atoms with Gasteiger partial charge in [0.15, 0.2) is 0 Å². The molecular weight excluding hydrogens is 344 g/mol. The summed E-state index contributed by atoms with van der Waals surface area (Å²) in [6.45, 7) is 1.66. The Bertz CT molecular complexity index is 811. The number of hydrogen-bond donors (Lipinski definition) is 1. The van der Waals surface area contributed by atoms with E-state index in [2.05, 4.69) is 5.32 Å². The summed E-state index contributed by atoms with van der Waals surface area (Å²) in [6, 6.07) is 11.0. The van der Waals surface area contributed by atoms with Gasteiger partial charge in [0.2, 0.25) is 5.91 Å². The van der Waals surface area contributed by atoms with Gasteiger partial charge in [0, 0.05) is 10.6 Å². The number of thioether (sulfide) groups is 1. The van der Waals surface area contributed by atoms with Crippen LogP contribution in [0.5, 0.6) is 0 Å². The van der Waals surface area contributed by atoms with Gasteiger partial charge >= 0.3 is 0 Å². The standard InChI is InChI=1S/C17H14N2O3S2/c1-11-4-6-12(7-5-11)18-15(20)10-19-16(21)14(24-17(19)22)9-13-3-2-8-23-13/h2-9H,10H2,1H3,(H,18,20). The molecule has 3 rings (SSSR count). The molecule has 1 aliphatic heterocycles. The van der Waals surface area contributed by atoms with Crippen molar-refractivity contribution in [3.05, 3.63) is 57.1 Å². The molecule has 1 fully saturated rings. The first-order valence-corrected chi connectivity index (χ1v) is 8.88. The van der Waals surface area contributed by atoms with E-state index < -0.39 is 17.1 Å². The number of carbonyl (C=O) groups is 3. The number of anilines is 1. The van der Waals surface area contributed by atoms with Gasteiger partial charge in [0.05, 0.1) is 4.91 Å². The molecule has 0 spiro atoms. The maximum absolute atomic E-state index is 12.3. The van der Waals surface area contributed by atoms with E-state index in [9.17, 15) is 14.4 Å². The second-order valence-electron chi connectivity index (χ2n) is 5.20. The Labute approximate surface area is 147 Å². The maximum atomic E-state index is 12.3. The molecule has 0 radical (unpaired) electrons. The fourth-order valence-corrected chi connectivity index (χ4v) is 3.68. The van der Waals surface area contributed by atoms with Gasteiger partial charge in [-0.2, -0.15) is 0 Å². The summed E-state index contributed by atoms with van der Waals surface area (Å²) < 4.78 is 0. The summed E-state index contributed by atoms with van der Waals surface area (Å²) in [5.41, 5.74) is 1.71. The minimum Gasteiger partial charge on any atom is -0.325 e. The lowest BCUT2D eigenvalue weighted by Gasteiger charge is -2.12. The number of aryl methyl sites for hydroxylation is 1. The van der Waals surface area contributed by atoms with Gasteiger partial charge in [-0.15, -0.1) is 11.3 Å². The van der Waals surface area contributed by atoms with Gasteiger partial charge in [-0.1, -0.05) is 23.8 Å². The second kappa shape index (κ2) is 7.02. The van der Waals surface area contributed by atoms with E-state index in [0.717, 1.165) is 27.1 Å². The van der Waals surface area contributed by atoms with Crippen molar-refractivity contribution in [2.45, 2.75) is 6.92 Å². The highest BCUT2D eigenvalue weighted by Crippen LogP contribution is 2.32. The summed E-state index contributed by atoms with van der Waals surface area (Å²) >= 11 is 2.34. The zero-order chi connectivity index (χ0) is 17.1. The van der Waals surface area contributed by atoms with Gasteiger partial charge in [0.1, 0.15) is 6.54 Å². The van der Waals surface area contributed by atoms with E-state index in [1.165, 1.54) is 11.3 Å². The maximum Gasteiger partial charge on any atom is 0.294 e. The van der Waals surface area contributed by atoms with Crippen LogP contribution in [0.4, 0.5) is 10.5 Å². The van der Waals surface area contributed by atoms with Crippen molar-refractivity contribution in [1.29, 1.82) is 0 Å². The lowest BCUT2D eigenvalue weighted by atomic mass is 10.2. The molecule has 1 aromatic heterocycles. The fraction of sp³-hybridized carbons (Fsp3) is 0.118. The van der Waals surface area contributed by atoms with Crippen molar-refractivity contribution >= 4 is 51.9 Å². The predicted molar refractivity (Wildman–Crippen MR) is 96.8 cm³/mol. The van der Waals surface area contributed by atoms with Crippen LogP contribution in [0.15, 0.2) is 46.7 Å². The Morgan fingerprint density at radius 2 is 1.96 bits per heavy atom. The average Bonchev–Trinajstić information content (AvgIpc) is 3.14. The van der Waals surface area contributed by atoms with Crippen molar-refractivity contribution < 1.29 is 14.4 Å². The zero-order valence-electron chi connectivity index (χ0n) is 12.8. The number of amides is 3. The van der Waals surface area contributed by atoms with Crippen LogP contribution in [0.25, 0.3) is 6.08 Å². The van der Waals surface area contributed by atoms with Crippen LogP contribution in [0.2, 0.25) is 0 Å². The SMILES string of the molecule is Cc1ccc(NC(=O)CN2C(=O)SC(=Cc3cccs3)C2=O)cc1. The van der Waals surface area contributed by atoms with Crippen LogP contribution < -0.4 is 5.32 Å². The Balaban J connectivity index is 1.66. The molecule has 1 N–H and O–H groups in total. The quantitative estimate of drug-likeness (QED) is 0.846. The van der Waals surface area contributed by atoms with Gasteiger partial charge in [0.25, 0.3) is 11.1 Å². The van der Waals surface area contributed by atoms with Crippen LogP contribution in [-0.4, -0.2) is 28.5 Å². The molecule has 1 aliphatic rings. The van der Waals surface area contributed by atoms with Crippen molar-refractivity contribution in [2.75, 3.05) is 11.9 Å². The summed E-state index contributed by atoms with van der Waals surface area (Å²) in [5.74, 6) is -0.837. The van der Waals surface area contributed by atoms with Crippen molar-refractivity contribution in [3.63, 3.8) is 0 Å². The molecule has 7 heteroatoms. The number of imide groups is 1. The van der Waals surface area contributed by atoms with Crippen LogP contribution in [0, 0.1) is 6.92 Å². The summed E-state index contributed by atoms with van der Waals surface area (Å²) in [6.07, 6.45) is 1.67. The molecule has 0 atom stereocenters. The molecule has 0 unspecified atom stereocenters. The van der Waals surface area contributed by atoms with E-state index in [0.29, 0.717) is 10.6 Å². The highest BCUT2D eigenvalue weighted by Gasteiger charge is 2.36. The van der Waals surface area contributed by atoms with E-state index in [1.54, 1.807) is 18.2 Å². The molecule has 0 aliphatic carbocycles. The second-order valence-corrected chi connectivity index (χ2v) is 7.17. The molecule has 122 valence electrons. The van der Waals surface area contributed by atoms with Crippen LogP contribution in [-0.2, 0) is 9.59 Å². The topological polar surface area (TPSA) is 66.5 Å².